The number of hydrogen-bond acceptors (Lipinski definition) is 4. The summed E-state index contributed by atoms with van der Waals surface area (Å²) in [5.74, 6) is 1.60. The average molecular weight is 266 g/mol. The van der Waals surface area contributed by atoms with Gasteiger partial charge in [-0.3, -0.25) is 0 Å². The van der Waals surface area contributed by atoms with Gasteiger partial charge >= 0.3 is 0 Å². The van der Waals surface area contributed by atoms with Crippen LogP contribution < -0.4 is 15.2 Å². The Hall–Kier alpha value is -2.07. The number of halogens is 1. The molecule has 2 aromatic carbocycles. The van der Waals surface area contributed by atoms with Crippen molar-refractivity contribution in [3.05, 3.63) is 36.4 Å². The summed E-state index contributed by atoms with van der Waals surface area (Å²) in [4.78, 5) is 0. The van der Waals surface area contributed by atoms with Crippen LogP contribution in [0.25, 0.3) is 11.1 Å². The van der Waals surface area contributed by atoms with Crippen molar-refractivity contribution in [3.8, 4) is 28.4 Å². The number of hydrogen-bond donors (Lipinski definition) is 2. The van der Waals surface area contributed by atoms with Crippen LogP contribution in [0.2, 0.25) is 0 Å². The van der Waals surface area contributed by atoms with Gasteiger partial charge in [-0.2, -0.15) is 0 Å². The molecule has 18 heavy (non-hydrogen) atoms. The Morgan fingerprint density at radius 3 is 2.61 bits per heavy atom. The molecule has 1 heterocycles. The molecule has 5 heteroatoms. The molecule has 2 aromatic rings. The van der Waals surface area contributed by atoms with E-state index in [4.69, 9.17) is 15.2 Å². The zero-order chi connectivity index (χ0) is 11.8. The number of nitrogen functional groups attached to an aromatic ring is 1. The highest BCUT2D eigenvalue weighted by Crippen LogP contribution is 2.38. The smallest absolute Gasteiger partial charge is 0.231 e. The van der Waals surface area contributed by atoms with Crippen molar-refractivity contribution >= 4 is 18.1 Å². The number of phenols is 1. The fourth-order valence-electron chi connectivity index (χ4n) is 1.85. The summed E-state index contributed by atoms with van der Waals surface area (Å²) < 4.78 is 10.5. The molecular formula is C13H12ClNO3. The number of aromatic hydroxyl groups is 1. The summed E-state index contributed by atoms with van der Waals surface area (Å²) in [6.45, 7) is 0.238. The fraction of sp³-hybridized carbons (Fsp3) is 0.0769. The number of nitrogens with two attached hydrogens (primary N) is 1. The van der Waals surface area contributed by atoms with Crippen molar-refractivity contribution in [2.75, 3.05) is 12.5 Å². The second-order valence-corrected chi connectivity index (χ2v) is 3.84. The molecule has 3 N–H and O–H groups in total. The maximum absolute atomic E-state index is 9.81. The van der Waals surface area contributed by atoms with Crippen molar-refractivity contribution in [1.29, 1.82) is 0 Å². The topological polar surface area (TPSA) is 64.7 Å². The number of rotatable bonds is 1. The summed E-state index contributed by atoms with van der Waals surface area (Å²) >= 11 is 0. The first-order valence-electron chi connectivity index (χ1n) is 5.22. The van der Waals surface area contributed by atoms with Crippen molar-refractivity contribution < 1.29 is 14.6 Å². The highest BCUT2D eigenvalue weighted by atomic mass is 35.5. The summed E-state index contributed by atoms with van der Waals surface area (Å²) in [5.41, 5.74) is 7.85. The van der Waals surface area contributed by atoms with E-state index < -0.39 is 0 Å². The van der Waals surface area contributed by atoms with E-state index in [2.05, 4.69) is 0 Å². The number of ether oxygens (including phenoxy) is 2. The average Bonchev–Trinajstić information content (AvgIpc) is 2.79. The quantitative estimate of drug-likeness (QED) is 0.615. The molecule has 1 aliphatic rings. The molecule has 0 fully saturated rings. The fourth-order valence-corrected chi connectivity index (χ4v) is 1.85. The van der Waals surface area contributed by atoms with Gasteiger partial charge < -0.3 is 20.3 Å². The first-order chi connectivity index (χ1) is 8.24. The van der Waals surface area contributed by atoms with Crippen LogP contribution in [0.3, 0.4) is 0 Å². The zero-order valence-electron chi connectivity index (χ0n) is 9.42. The van der Waals surface area contributed by atoms with Crippen LogP contribution in [-0.4, -0.2) is 11.9 Å². The van der Waals surface area contributed by atoms with Gasteiger partial charge in [0.2, 0.25) is 6.79 Å². The lowest BCUT2D eigenvalue weighted by Crippen LogP contribution is -1.92. The van der Waals surface area contributed by atoms with Crippen molar-refractivity contribution in [2.45, 2.75) is 0 Å². The van der Waals surface area contributed by atoms with Gasteiger partial charge in [0.1, 0.15) is 5.75 Å². The molecule has 4 nitrogen and oxygen atoms in total. The molecular weight excluding hydrogens is 254 g/mol. The van der Waals surface area contributed by atoms with Gasteiger partial charge in [-0.05, 0) is 35.9 Å². The first-order valence-corrected chi connectivity index (χ1v) is 5.22. The monoisotopic (exact) mass is 265 g/mol. The Morgan fingerprint density at radius 1 is 1.00 bits per heavy atom. The second-order valence-electron chi connectivity index (χ2n) is 3.84. The molecule has 0 radical (unpaired) electrons. The van der Waals surface area contributed by atoms with Gasteiger partial charge in [-0.1, -0.05) is 6.07 Å². The lowest BCUT2D eigenvalue weighted by molar-refractivity contribution is 0.174. The largest absolute Gasteiger partial charge is 0.507 e. The third kappa shape index (κ3) is 2.02. The molecule has 0 unspecified atom stereocenters. The molecule has 0 spiro atoms. The molecule has 0 aromatic heterocycles. The van der Waals surface area contributed by atoms with Crippen LogP contribution in [0.5, 0.6) is 17.2 Å². The molecule has 1 aliphatic heterocycles. The lowest BCUT2D eigenvalue weighted by Gasteiger charge is -2.06. The Kier molecular flexibility index (Phi) is 3.21. The van der Waals surface area contributed by atoms with Crippen molar-refractivity contribution in [1.82, 2.24) is 0 Å². The van der Waals surface area contributed by atoms with Crippen LogP contribution in [0, 0.1) is 0 Å². The number of fused-ring (bicyclic) bond motifs is 1. The molecule has 94 valence electrons. The number of phenolic OH excluding ortho intramolecular Hbond substituents is 1. The van der Waals surface area contributed by atoms with Gasteiger partial charge in [0.25, 0.3) is 0 Å². The number of benzene rings is 2. The van der Waals surface area contributed by atoms with E-state index >= 15 is 0 Å². The predicted octanol–water partition coefficient (Wildman–Crippen LogP) is 2.79. The predicted molar refractivity (Wildman–Crippen MR) is 71.3 cm³/mol. The van der Waals surface area contributed by atoms with Gasteiger partial charge in [-0.15, -0.1) is 12.4 Å². The summed E-state index contributed by atoms with van der Waals surface area (Å²) in [7, 11) is 0. The van der Waals surface area contributed by atoms with E-state index in [0.717, 1.165) is 11.3 Å². The van der Waals surface area contributed by atoms with E-state index in [-0.39, 0.29) is 24.9 Å². The van der Waals surface area contributed by atoms with Crippen LogP contribution in [0.15, 0.2) is 36.4 Å². The van der Waals surface area contributed by atoms with E-state index in [9.17, 15) is 5.11 Å². The van der Waals surface area contributed by atoms with Crippen molar-refractivity contribution in [2.24, 2.45) is 0 Å². The Bertz CT molecular complexity index is 586. The SMILES string of the molecule is Cl.Nc1ccc(O)c(-c2ccc3c(c2)OCO3)c1. The highest BCUT2D eigenvalue weighted by molar-refractivity contribution is 5.85. The van der Waals surface area contributed by atoms with Gasteiger partial charge in [0, 0.05) is 11.3 Å². The molecule has 0 amide bonds. The highest BCUT2D eigenvalue weighted by Gasteiger charge is 2.15. The minimum atomic E-state index is 0. The summed E-state index contributed by atoms with van der Waals surface area (Å²) in [5, 5.41) is 9.81. The van der Waals surface area contributed by atoms with E-state index in [1.54, 1.807) is 18.2 Å². The minimum Gasteiger partial charge on any atom is -0.507 e. The normalized spacial score (nSPS) is 12.0. The molecule has 0 saturated carbocycles. The maximum atomic E-state index is 9.81. The minimum absolute atomic E-state index is 0. The number of anilines is 1. The molecule has 0 atom stereocenters. The second kappa shape index (κ2) is 4.66. The molecule has 3 rings (SSSR count). The van der Waals surface area contributed by atoms with Gasteiger partial charge in [0.15, 0.2) is 11.5 Å². The Balaban J connectivity index is 0.00000120. The van der Waals surface area contributed by atoms with Gasteiger partial charge in [0.05, 0.1) is 0 Å². The van der Waals surface area contributed by atoms with Crippen molar-refractivity contribution in [3.63, 3.8) is 0 Å². The van der Waals surface area contributed by atoms with Crippen LogP contribution >= 0.6 is 12.4 Å². The summed E-state index contributed by atoms with van der Waals surface area (Å²) in [6.07, 6.45) is 0. The Morgan fingerprint density at radius 2 is 1.78 bits per heavy atom. The molecule has 0 aliphatic carbocycles. The van der Waals surface area contributed by atoms with Crippen LogP contribution in [0.1, 0.15) is 0 Å². The molecule has 0 bridgehead atoms. The first kappa shape index (κ1) is 12.4. The third-order valence-corrected chi connectivity index (χ3v) is 2.70. The van der Waals surface area contributed by atoms with E-state index in [0.29, 0.717) is 17.0 Å². The van der Waals surface area contributed by atoms with Crippen LogP contribution in [-0.2, 0) is 0 Å². The van der Waals surface area contributed by atoms with Gasteiger partial charge in [-0.25, -0.2) is 0 Å². The third-order valence-electron chi connectivity index (χ3n) is 2.70. The zero-order valence-corrected chi connectivity index (χ0v) is 10.2. The standard InChI is InChI=1S/C13H11NO3.ClH/c14-9-2-3-11(15)10(6-9)8-1-4-12-13(5-8)17-7-16-12;/h1-6,15H,7,14H2;1H. The lowest BCUT2D eigenvalue weighted by atomic mass is 10.0. The van der Waals surface area contributed by atoms with E-state index in [1.807, 2.05) is 18.2 Å². The molecule has 0 saturated heterocycles. The summed E-state index contributed by atoms with van der Waals surface area (Å²) in [6, 6.07) is 10.5. The Labute approximate surface area is 110 Å². The van der Waals surface area contributed by atoms with E-state index in [1.165, 1.54) is 0 Å². The van der Waals surface area contributed by atoms with Crippen LogP contribution in [0.4, 0.5) is 5.69 Å². The maximum Gasteiger partial charge on any atom is 0.231 e.